The van der Waals surface area contributed by atoms with Crippen LogP contribution in [-0.2, 0) is 11.3 Å². The Labute approximate surface area is 133 Å². The first-order valence-corrected chi connectivity index (χ1v) is 7.36. The van der Waals surface area contributed by atoms with Gasteiger partial charge in [0.2, 0.25) is 5.91 Å². The minimum atomic E-state index is -0.310. The largest absolute Gasteiger partial charge is 0.491 e. The second kappa shape index (κ2) is 6.83. The molecule has 0 unspecified atom stereocenters. The molecule has 1 aliphatic heterocycles. The number of anilines is 2. The van der Waals surface area contributed by atoms with E-state index >= 15 is 0 Å². The highest BCUT2D eigenvalue weighted by atomic mass is 16.5. The van der Waals surface area contributed by atoms with E-state index in [1.54, 1.807) is 18.2 Å². The summed E-state index contributed by atoms with van der Waals surface area (Å²) in [5, 5.41) is 8.28. The van der Waals surface area contributed by atoms with Gasteiger partial charge in [-0.1, -0.05) is 30.3 Å². The van der Waals surface area contributed by atoms with Gasteiger partial charge in [0, 0.05) is 12.2 Å². The molecule has 118 valence electrons. The molecular formula is C17H17N3O3. The van der Waals surface area contributed by atoms with Crippen molar-refractivity contribution < 1.29 is 14.3 Å². The summed E-state index contributed by atoms with van der Waals surface area (Å²) in [6.45, 7) is 0.792. The molecule has 0 radical (unpaired) electrons. The fraction of sp³-hybridized carbons (Fsp3) is 0.176. The highest BCUT2D eigenvalue weighted by molar-refractivity contribution is 5.95. The summed E-state index contributed by atoms with van der Waals surface area (Å²) in [5.74, 6) is 0.500. The second-order valence-corrected chi connectivity index (χ2v) is 5.15. The van der Waals surface area contributed by atoms with Crippen LogP contribution in [0.3, 0.4) is 0 Å². The minimum absolute atomic E-state index is 0.102. The molecule has 0 aromatic heterocycles. The Morgan fingerprint density at radius 3 is 2.83 bits per heavy atom. The van der Waals surface area contributed by atoms with Crippen molar-refractivity contribution in [3.8, 4) is 5.75 Å². The van der Waals surface area contributed by atoms with E-state index in [0.29, 0.717) is 36.7 Å². The summed E-state index contributed by atoms with van der Waals surface area (Å²) in [7, 11) is 0. The van der Waals surface area contributed by atoms with Gasteiger partial charge in [-0.2, -0.15) is 0 Å². The van der Waals surface area contributed by atoms with Crippen molar-refractivity contribution >= 4 is 23.3 Å². The predicted octanol–water partition coefficient (Wildman–Crippen LogP) is 2.73. The van der Waals surface area contributed by atoms with E-state index in [1.165, 1.54) is 0 Å². The van der Waals surface area contributed by atoms with E-state index in [0.717, 1.165) is 5.56 Å². The van der Waals surface area contributed by atoms with E-state index < -0.39 is 0 Å². The smallest absolute Gasteiger partial charge is 0.319 e. The molecule has 0 spiro atoms. The van der Waals surface area contributed by atoms with Crippen LogP contribution in [0.15, 0.2) is 48.5 Å². The zero-order valence-corrected chi connectivity index (χ0v) is 12.5. The number of carbonyl (C=O) groups is 2. The summed E-state index contributed by atoms with van der Waals surface area (Å²) in [5.41, 5.74) is 2.17. The second-order valence-electron chi connectivity index (χ2n) is 5.15. The molecule has 1 heterocycles. The van der Waals surface area contributed by atoms with Crippen LogP contribution < -0.4 is 20.7 Å². The summed E-state index contributed by atoms with van der Waals surface area (Å²) in [4.78, 5) is 23.5. The number of ether oxygens (including phenoxy) is 1. The minimum Gasteiger partial charge on any atom is -0.491 e. The first-order valence-electron chi connectivity index (χ1n) is 7.36. The van der Waals surface area contributed by atoms with Gasteiger partial charge in [0.05, 0.1) is 18.7 Å². The summed E-state index contributed by atoms with van der Waals surface area (Å²) < 4.78 is 5.47. The van der Waals surface area contributed by atoms with Crippen LogP contribution in [0.2, 0.25) is 0 Å². The van der Waals surface area contributed by atoms with Gasteiger partial charge in [-0.3, -0.25) is 4.79 Å². The van der Waals surface area contributed by atoms with Crippen molar-refractivity contribution in [2.75, 3.05) is 17.2 Å². The van der Waals surface area contributed by atoms with Crippen LogP contribution in [0.4, 0.5) is 16.2 Å². The normalized spacial score (nSPS) is 13.1. The van der Waals surface area contributed by atoms with Crippen LogP contribution in [-0.4, -0.2) is 18.5 Å². The molecule has 3 rings (SSSR count). The highest BCUT2D eigenvalue weighted by Gasteiger charge is 2.14. The summed E-state index contributed by atoms with van der Waals surface area (Å²) >= 11 is 0. The zero-order valence-electron chi connectivity index (χ0n) is 12.5. The number of benzene rings is 2. The van der Waals surface area contributed by atoms with E-state index in [-0.39, 0.29) is 11.9 Å². The van der Waals surface area contributed by atoms with Gasteiger partial charge in [0.25, 0.3) is 0 Å². The van der Waals surface area contributed by atoms with Crippen molar-refractivity contribution in [1.29, 1.82) is 0 Å². The summed E-state index contributed by atoms with van der Waals surface area (Å²) in [6.07, 6.45) is 0.314. The first kappa shape index (κ1) is 14.9. The molecule has 6 nitrogen and oxygen atoms in total. The molecular weight excluding hydrogens is 294 g/mol. The monoisotopic (exact) mass is 311 g/mol. The lowest BCUT2D eigenvalue weighted by Crippen LogP contribution is -2.28. The lowest BCUT2D eigenvalue weighted by Gasteiger charge is -2.11. The molecule has 3 N–H and O–H groups in total. The van der Waals surface area contributed by atoms with E-state index in [2.05, 4.69) is 16.0 Å². The molecule has 2 aromatic rings. The van der Waals surface area contributed by atoms with Crippen molar-refractivity contribution in [2.45, 2.75) is 13.0 Å². The van der Waals surface area contributed by atoms with Crippen LogP contribution in [0, 0.1) is 0 Å². The number of rotatable bonds is 3. The number of hydrogen-bond acceptors (Lipinski definition) is 3. The van der Waals surface area contributed by atoms with Crippen molar-refractivity contribution in [1.82, 2.24) is 5.32 Å². The van der Waals surface area contributed by atoms with Crippen LogP contribution >= 0.6 is 0 Å². The molecule has 0 saturated carbocycles. The Hall–Kier alpha value is -3.02. The van der Waals surface area contributed by atoms with E-state index in [4.69, 9.17) is 4.74 Å². The quantitative estimate of drug-likeness (QED) is 0.815. The molecule has 0 fully saturated rings. The van der Waals surface area contributed by atoms with Crippen molar-refractivity contribution in [3.05, 3.63) is 54.1 Å². The third-order valence-electron chi connectivity index (χ3n) is 3.39. The van der Waals surface area contributed by atoms with Gasteiger partial charge in [0.1, 0.15) is 5.75 Å². The van der Waals surface area contributed by atoms with Gasteiger partial charge in [-0.15, -0.1) is 0 Å². The fourth-order valence-corrected chi connectivity index (χ4v) is 2.25. The first-order chi connectivity index (χ1) is 11.2. The number of carbonyl (C=O) groups excluding carboxylic acids is 2. The van der Waals surface area contributed by atoms with Gasteiger partial charge in [-0.25, -0.2) is 4.79 Å². The standard InChI is InChI=1S/C17H17N3O3/c21-16-8-9-23-15-7-6-13(10-14(15)20-16)19-17(22)18-11-12-4-2-1-3-5-12/h1-7,10H,8-9,11H2,(H,20,21)(H2,18,19,22). The van der Waals surface area contributed by atoms with Crippen LogP contribution in [0.1, 0.15) is 12.0 Å². The Morgan fingerprint density at radius 1 is 1.17 bits per heavy atom. The Morgan fingerprint density at radius 2 is 2.00 bits per heavy atom. The zero-order chi connectivity index (χ0) is 16.1. The molecule has 23 heavy (non-hydrogen) atoms. The maximum Gasteiger partial charge on any atom is 0.319 e. The number of urea groups is 1. The number of fused-ring (bicyclic) bond motifs is 1. The molecule has 1 aliphatic rings. The lowest BCUT2D eigenvalue weighted by atomic mass is 10.2. The van der Waals surface area contributed by atoms with Crippen molar-refractivity contribution in [3.63, 3.8) is 0 Å². The number of hydrogen-bond donors (Lipinski definition) is 3. The molecule has 0 atom stereocenters. The van der Waals surface area contributed by atoms with Gasteiger partial charge >= 0.3 is 6.03 Å². The maximum absolute atomic E-state index is 11.9. The SMILES string of the molecule is O=C1CCOc2ccc(NC(=O)NCc3ccccc3)cc2N1. The third kappa shape index (κ3) is 4.00. The van der Waals surface area contributed by atoms with Crippen LogP contribution in [0.5, 0.6) is 5.75 Å². The van der Waals surface area contributed by atoms with Gasteiger partial charge < -0.3 is 20.7 Å². The fourth-order valence-electron chi connectivity index (χ4n) is 2.25. The Kier molecular flexibility index (Phi) is 4.42. The summed E-state index contributed by atoms with van der Waals surface area (Å²) in [6, 6.07) is 14.5. The molecule has 0 saturated heterocycles. The Bertz CT molecular complexity index is 716. The molecule has 6 heteroatoms. The van der Waals surface area contributed by atoms with E-state index in [1.807, 2.05) is 30.3 Å². The lowest BCUT2D eigenvalue weighted by molar-refractivity contribution is -0.116. The molecule has 0 aliphatic carbocycles. The third-order valence-corrected chi connectivity index (χ3v) is 3.39. The van der Waals surface area contributed by atoms with Gasteiger partial charge in [-0.05, 0) is 23.8 Å². The Balaban J connectivity index is 1.61. The van der Waals surface area contributed by atoms with Crippen molar-refractivity contribution in [2.24, 2.45) is 0 Å². The predicted molar refractivity (Wildman–Crippen MR) is 87.5 cm³/mol. The average Bonchev–Trinajstić information content (AvgIpc) is 2.74. The average molecular weight is 311 g/mol. The van der Waals surface area contributed by atoms with Crippen LogP contribution in [0.25, 0.3) is 0 Å². The molecule has 0 bridgehead atoms. The molecule has 2 aromatic carbocycles. The van der Waals surface area contributed by atoms with Gasteiger partial charge in [0.15, 0.2) is 0 Å². The highest BCUT2D eigenvalue weighted by Crippen LogP contribution is 2.29. The van der Waals surface area contributed by atoms with E-state index in [9.17, 15) is 9.59 Å². The number of nitrogens with one attached hydrogen (secondary N) is 3. The maximum atomic E-state index is 11.9. The molecule has 3 amide bonds. The topological polar surface area (TPSA) is 79.5 Å². The number of amides is 3.